The Hall–Kier alpha value is -2.18. The molecule has 0 aromatic heterocycles. The number of phenolic OH excluding ortho intramolecular Hbond substituents is 1. The van der Waals surface area contributed by atoms with Gasteiger partial charge in [0.1, 0.15) is 5.75 Å². The van der Waals surface area contributed by atoms with Gasteiger partial charge in [0.2, 0.25) is 10.0 Å². The lowest BCUT2D eigenvalue weighted by molar-refractivity contribution is 0.346. The van der Waals surface area contributed by atoms with Crippen molar-refractivity contribution in [1.82, 2.24) is 4.31 Å². The number of aromatic hydroxyl groups is 1. The summed E-state index contributed by atoms with van der Waals surface area (Å²) in [6.45, 7) is 1.19. The monoisotopic (exact) mass is 344 g/mol. The van der Waals surface area contributed by atoms with Gasteiger partial charge in [0.15, 0.2) is 0 Å². The van der Waals surface area contributed by atoms with Crippen molar-refractivity contribution >= 4 is 21.9 Å². The zero-order chi connectivity index (χ0) is 17.0. The summed E-state index contributed by atoms with van der Waals surface area (Å²) >= 11 is 0. The molecule has 2 aromatic carbocycles. The van der Waals surface area contributed by atoms with Crippen molar-refractivity contribution < 1.29 is 13.5 Å². The summed E-state index contributed by atoms with van der Waals surface area (Å²) in [5.41, 5.74) is 1.25. The number of hydrogen-bond acceptors (Lipinski definition) is 4. The van der Waals surface area contributed by atoms with Crippen molar-refractivity contribution in [2.75, 3.05) is 13.1 Å². The Labute approximate surface area is 142 Å². The molecule has 1 N–H and O–H groups in total. The normalized spacial score (nSPS) is 16.5. The minimum absolute atomic E-state index is 0.158. The van der Waals surface area contributed by atoms with Gasteiger partial charge in [0, 0.05) is 24.9 Å². The summed E-state index contributed by atoms with van der Waals surface area (Å²) in [6.07, 6.45) is 4.49. The summed E-state index contributed by atoms with van der Waals surface area (Å²) in [5, 5.41) is 9.71. The summed E-state index contributed by atoms with van der Waals surface area (Å²) < 4.78 is 26.7. The van der Waals surface area contributed by atoms with Crippen molar-refractivity contribution in [2.45, 2.75) is 24.2 Å². The molecule has 3 rings (SSSR count). The molecule has 0 bridgehead atoms. The van der Waals surface area contributed by atoms with E-state index in [1.807, 2.05) is 6.07 Å². The van der Waals surface area contributed by atoms with E-state index in [1.165, 1.54) is 0 Å². The molecular formula is C18H20N2O3S. The summed E-state index contributed by atoms with van der Waals surface area (Å²) in [4.78, 5) is 4.58. The average Bonchev–Trinajstić information content (AvgIpc) is 2.62. The van der Waals surface area contributed by atoms with E-state index in [0.717, 1.165) is 19.3 Å². The van der Waals surface area contributed by atoms with E-state index in [-0.39, 0.29) is 5.75 Å². The zero-order valence-electron chi connectivity index (χ0n) is 13.3. The molecule has 0 radical (unpaired) electrons. The van der Waals surface area contributed by atoms with E-state index in [4.69, 9.17) is 0 Å². The second kappa shape index (κ2) is 7.15. The Bertz CT molecular complexity index is 824. The molecule has 1 fully saturated rings. The second-order valence-corrected chi connectivity index (χ2v) is 7.71. The van der Waals surface area contributed by atoms with Gasteiger partial charge in [-0.1, -0.05) is 18.6 Å². The van der Waals surface area contributed by atoms with Crippen molar-refractivity contribution in [3.8, 4) is 5.75 Å². The molecule has 1 heterocycles. The molecule has 5 nitrogen and oxygen atoms in total. The van der Waals surface area contributed by atoms with Gasteiger partial charge in [-0.05, 0) is 49.2 Å². The molecular weight excluding hydrogens is 324 g/mol. The third kappa shape index (κ3) is 3.66. The molecule has 0 unspecified atom stereocenters. The van der Waals surface area contributed by atoms with Gasteiger partial charge in [-0.2, -0.15) is 4.31 Å². The molecule has 126 valence electrons. The number of rotatable bonds is 4. The first-order valence-corrected chi connectivity index (χ1v) is 9.44. The van der Waals surface area contributed by atoms with Crippen LogP contribution in [0.3, 0.4) is 0 Å². The third-order valence-electron chi connectivity index (χ3n) is 4.08. The largest absolute Gasteiger partial charge is 0.507 e. The van der Waals surface area contributed by atoms with Crippen molar-refractivity contribution in [3.05, 3.63) is 54.1 Å². The van der Waals surface area contributed by atoms with Crippen LogP contribution in [-0.2, 0) is 10.0 Å². The minimum Gasteiger partial charge on any atom is -0.507 e. The van der Waals surface area contributed by atoms with Crippen LogP contribution in [0.4, 0.5) is 5.69 Å². The number of nitrogens with zero attached hydrogens (tertiary/aromatic N) is 2. The van der Waals surface area contributed by atoms with E-state index >= 15 is 0 Å². The quantitative estimate of drug-likeness (QED) is 0.865. The number of piperidine rings is 1. The molecule has 6 heteroatoms. The number of sulfonamides is 1. The maximum absolute atomic E-state index is 12.6. The van der Waals surface area contributed by atoms with Gasteiger partial charge in [-0.15, -0.1) is 0 Å². The highest BCUT2D eigenvalue weighted by Gasteiger charge is 2.25. The van der Waals surface area contributed by atoms with Crippen LogP contribution in [0.15, 0.2) is 58.4 Å². The fraction of sp³-hybridized carbons (Fsp3) is 0.278. The van der Waals surface area contributed by atoms with E-state index < -0.39 is 10.0 Å². The van der Waals surface area contributed by atoms with Crippen LogP contribution in [0.1, 0.15) is 24.8 Å². The Balaban J connectivity index is 1.77. The first kappa shape index (κ1) is 16.7. The second-order valence-electron chi connectivity index (χ2n) is 5.78. The van der Waals surface area contributed by atoms with Gasteiger partial charge in [0.25, 0.3) is 0 Å². The van der Waals surface area contributed by atoms with E-state index in [2.05, 4.69) is 4.99 Å². The zero-order valence-corrected chi connectivity index (χ0v) is 14.1. The molecule has 0 saturated carbocycles. The molecule has 1 aliphatic rings. The minimum atomic E-state index is -3.41. The summed E-state index contributed by atoms with van der Waals surface area (Å²) in [6, 6.07) is 13.4. The molecule has 0 amide bonds. The number of hydrogen-bond donors (Lipinski definition) is 1. The number of aliphatic imine (C=N–C) groups is 1. The lowest BCUT2D eigenvalue weighted by atomic mass is 10.2. The van der Waals surface area contributed by atoms with Crippen LogP contribution >= 0.6 is 0 Å². The highest BCUT2D eigenvalue weighted by Crippen LogP contribution is 2.23. The smallest absolute Gasteiger partial charge is 0.243 e. The van der Waals surface area contributed by atoms with Crippen molar-refractivity contribution in [1.29, 1.82) is 0 Å². The summed E-state index contributed by atoms with van der Waals surface area (Å²) in [5.74, 6) is 0.158. The standard InChI is InChI=1S/C18H20N2O3S/c21-18-7-3-2-6-15(18)14-19-16-8-10-17(11-9-16)24(22,23)20-12-4-1-5-13-20/h2-3,6-11,14,21H,1,4-5,12-13H2. The van der Waals surface area contributed by atoms with Crippen LogP contribution in [0.2, 0.25) is 0 Å². The Morgan fingerprint density at radius 1 is 0.958 bits per heavy atom. The molecule has 0 atom stereocenters. The van der Waals surface area contributed by atoms with E-state index in [9.17, 15) is 13.5 Å². The fourth-order valence-corrected chi connectivity index (χ4v) is 4.22. The van der Waals surface area contributed by atoms with Gasteiger partial charge in [-0.25, -0.2) is 8.42 Å². The molecule has 24 heavy (non-hydrogen) atoms. The summed E-state index contributed by atoms with van der Waals surface area (Å²) in [7, 11) is -3.41. The molecule has 1 aliphatic heterocycles. The fourth-order valence-electron chi connectivity index (χ4n) is 2.70. The lowest BCUT2D eigenvalue weighted by Crippen LogP contribution is -2.35. The van der Waals surface area contributed by atoms with Gasteiger partial charge >= 0.3 is 0 Å². The van der Waals surface area contributed by atoms with Crippen LogP contribution < -0.4 is 0 Å². The Morgan fingerprint density at radius 2 is 1.62 bits per heavy atom. The van der Waals surface area contributed by atoms with Crippen molar-refractivity contribution in [3.63, 3.8) is 0 Å². The molecule has 0 aliphatic carbocycles. The predicted octanol–water partition coefficient (Wildman–Crippen LogP) is 3.32. The van der Waals surface area contributed by atoms with Gasteiger partial charge < -0.3 is 5.11 Å². The van der Waals surface area contributed by atoms with Gasteiger partial charge in [0.05, 0.1) is 10.6 Å². The molecule has 1 saturated heterocycles. The van der Waals surface area contributed by atoms with Crippen LogP contribution in [0.5, 0.6) is 5.75 Å². The average molecular weight is 344 g/mol. The Morgan fingerprint density at radius 3 is 2.29 bits per heavy atom. The van der Waals surface area contributed by atoms with Crippen LogP contribution in [0, 0.1) is 0 Å². The highest BCUT2D eigenvalue weighted by molar-refractivity contribution is 7.89. The third-order valence-corrected chi connectivity index (χ3v) is 5.99. The Kier molecular flexibility index (Phi) is 4.97. The van der Waals surface area contributed by atoms with E-state index in [0.29, 0.717) is 29.2 Å². The SMILES string of the molecule is O=S(=O)(c1ccc(N=Cc2ccccc2O)cc1)N1CCCCC1. The maximum Gasteiger partial charge on any atom is 0.243 e. The number of benzene rings is 2. The first-order chi connectivity index (χ1) is 11.6. The number of phenols is 1. The van der Waals surface area contributed by atoms with Crippen LogP contribution in [0.25, 0.3) is 0 Å². The van der Waals surface area contributed by atoms with Gasteiger partial charge in [-0.3, -0.25) is 4.99 Å². The lowest BCUT2D eigenvalue weighted by Gasteiger charge is -2.25. The predicted molar refractivity (Wildman–Crippen MR) is 94.4 cm³/mol. The highest BCUT2D eigenvalue weighted by atomic mass is 32.2. The van der Waals surface area contributed by atoms with Crippen molar-refractivity contribution in [2.24, 2.45) is 4.99 Å². The molecule has 2 aromatic rings. The number of para-hydroxylation sites is 1. The first-order valence-electron chi connectivity index (χ1n) is 8.00. The maximum atomic E-state index is 12.6. The van der Waals surface area contributed by atoms with Crippen LogP contribution in [-0.4, -0.2) is 37.1 Å². The van der Waals surface area contributed by atoms with E-state index in [1.54, 1.807) is 53.0 Å². The molecule has 0 spiro atoms. The topological polar surface area (TPSA) is 70.0 Å².